The van der Waals surface area contributed by atoms with Gasteiger partial charge in [0, 0.05) is 28.9 Å². The number of benzene rings is 1. The Bertz CT molecular complexity index is 1450. The zero-order valence-electron chi connectivity index (χ0n) is 24.4. The lowest BCUT2D eigenvalue weighted by Gasteiger charge is -2.36. The number of hydrogen-bond acceptors (Lipinski definition) is 5. The highest BCUT2D eigenvalue weighted by Crippen LogP contribution is 2.37. The first kappa shape index (κ1) is 30.5. The van der Waals surface area contributed by atoms with Gasteiger partial charge in [-0.05, 0) is 84.7 Å². The first-order valence-electron chi connectivity index (χ1n) is 13.9. The van der Waals surface area contributed by atoms with Crippen molar-refractivity contribution in [1.82, 2.24) is 19.8 Å². The van der Waals surface area contributed by atoms with Crippen LogP contribution in [-0.2, 0) is 6.54 Å². The molecule has 41 heavy (non-hydrogen) atoms. The molecular weight excluding hydrogens is 537 g/mol. The Morgan fingerprint density at radius 2 is 1.83 bits per heavy atom. The van der Waals surface area contributed by atoms with Gasteiger partial charge in [-0.1, -0.05) is 0 Å². The number of amides is 1. The van der Waals surface area contributed by atoms with Gasteiger partial charge in [0.2, 0.25) is 0 Å². The summed E-state index contributed by atoms with van der Waals surface area (Å²) in [6.07, 6.45) is -3.02. The third-order valence-electron chi connectivity index (χ3n) is 7.82. The second-order valence-corrected chi connectivity index (χ2v) is 11.2. The SMILES string of the molecule is COc1cc(C)[nH]c(=O)c1CNC(=O)c1c(C)n([C@@H](C)C2CCN(CC(F)(F)F)CC2)c2cc(OC(C)C)ccc12. The van der Waals surface area contributed by atoms with E-state index in [2.05, 4.69) is 21.8 Å². The molecule has 2 aromatic heterocycles. The number of aryl methyl sites for hydroxylation is 1. The number of carbonyl (C=O) groups excluding carboxylic acids is 1. The molecule has 0 bridgehead atoms. The predicted octanol–water partition coefficient (Wildman–Crippen LogP) is 5.51. The monoisotopic (exact) mass is 576 g/mol. The Labute approximate surface area is 237 Å². The summed E-state index contributed by atoms with van der Waals surface area (Å²) in [6, 6.07) is 7.25. The van der Waals surface area contributed by atoms with Crippen LogP contribution in [0.5, 0.6) is 11.5 Å². The van der Waals surface area contributed by atoms with Crippen molar-refractivity contribution in [3.8, 4) is 11.5 Å². The lowest BCUT2D eigenvalue weighted by molar-refractivity contribution is -0.149. The fourth-order valence-electron chi connectivity index (χ4n) is 5.93. The number of nitrogens with zero attached hydrogens (tertiary/aromatic N) is 2. The smallest absolute Gasteiger partial charge is 0.401 e. The molecule has 1 aliphatic rings. The summed E-state index contributed by atoms with van der Waals surface area (Å²) in [6.45, 7) is 9.39. The number of hydrogen-bond donors (Lipinski definition) is 2. The van der Waals surface area contributed by atoms with E-state index < -0.39 is 12.7 Å². The van der Waals surface area contributed by atoms with Crippen molar-refractivity contribution in [3.63, 3.8) is 0 Å². The fraction of sp³-hybridized carbons (Fsp3) is 0.533. The van der Waals surface area contributed by atoms with Crippen LogP contribution in [0.3, 0.4) is 0 Å². The third kappa shape index (κ3) is 6.89. The average molecular weight is 577 g/mol. The van der Waals surface area contributed by atoms with Crippen LogP contribution in [0.25, 0.3) is 10.9 Å². The van der Waals surface area contributed by atoms with Crippen LogP contribution < -0.4 is 20.3 Å². The van der Waals surface area contributed by atoms with Gasteiger partial charge in [-0.3, -0.25) is 14.5 Å². The highest BCUT2D eigenvalue weighted by Gasteiger charge is 2.34. The number of ether oxygens (including phenoxy) is 2. The number of H-pyrrole nitrogens is 1. The molecule has 0 aliphatic carbocycles. The largest absolute Gasteiger partial charge is 0.496 e. The molecule has 0 radical (unpaired) electrons. The first-order valence-corrected chi connectivity index (χ1v) is 13.9. The number of nitrogens with one attached hydrogen (secondary N) is 2. The summed E-state index contributed by atoms with van der Waals surface area (Å²) >= 11 is 0. The fourth-order valence-corrected chi connectivity index (χ4v) is 5.93. The molecule has 1 fully saturated rings. The highest BCUT2D eigenvalue weighted by atomic mass is 19.4. The standard InChI is InChI=1S/C30H39F3N4O4/c1-17(2)41-22-7-8-23-25(14-22)37(19(4)21-9-11-36(12-10-21)16-30(31,32)33)20(5)27(23)29(39)34-15-24-26(40-6)13-18(3)35-28(24)38/h7-8,13-14,17,19,21H,9-12,15-16H2,1-6H3,(H,34,39)(H,35,38)/t19-/m0/s1. The summed E-state index contributed by atoms with van der Waals surface area (Å²) in [5.41, 5.74) is 2.69. The van der Waals surface area contributed by atoms with Crippen molar-refractivity contribution in [2.45, 2.75) is 72.3 Å². The van der Waals surface area contributed by atoms with Crippen molar-refractivity contribution in [2.75, 3.05) is 26.7 Å². The zero-order valence-corrected chi connectivity index (χ0v) is 24.4. The molecule has 3 heterocycles. The molecule has 0 spiro atoms. The number of likely N-dealkylation sites (tertiary alicyclic amines) is 1. The van der Waals surface area contributed by atoms with E-state index in [0.717, 1.165) is 16.6 Å². The molecule has 11 heteroatoms. The molecule has 224 valence electrons. The van der Waals surface area contributed by atoms with E-state index in [-0.39, 0.29) is 36.1 Å². The molecular formula is C30H39F3N4O4. The van der Waals surface area contributed by atoms with Crippen molar-refractivity contribution in [3.05, 3.63) is 57.1 Å². The molecule has 1 saturated heterocycles. The maximum atomic E-state index is 13.7. The second kappa shape index (κ2) is 12.2. The highest BCUT2D eigenvalue weighted by molar-refractivity contribution is 6.08. The number of carbonyl (C=O) groups is 1. The van der Waals surface area contributed by atoms with Gasteiger partial charge in [0.1, 0.15) is 11.5 Å². The van der Waals surface area contributed by atoms with Crippen LogP contribution in [0.1, 0.15) is 67.0 Å². The van der Waals surface area contributed by atoms with E-state index in [1.165, 1.54) is 12.0 Å². The maximum absolute atomic E-state index is 13.7. The average Bonchev–Trinajstić information content (AvgIpc) is 3.17. The molecule has 1 amide bonds. The zero-order chi connectivity index (χ0) is 30.1. The summed E-state index contributed by atoms with van der Waals surface area (Å²) in [4.78, 5) is 30.4. The van der Waals surface area contributed by atoms with Gasteiger partial charge in [-0.2, -0.15) is 13.2 Å². The molecule has 0 unspecified atom stereocenters. The Balaban J connectivity index is 1.66. The number of rotatable bonds is 9. The van der Waals surface area contributed by atoms with Gasteiger partial charge in [-0.15, -0.1) is 0 Å². The molecule has 8 nitrogen and oxygen atoms in total. The van der Waals surface area contributed by atoms with Crippen LogP contribution in [0.15, 0.2) is 29.1 Å². The number of aromatic amines is 1. The molecule has 2 N–H and O–H groups in total. The number of fused-ring (bicyclic) bond motifs is 1. The van der Waals surface area contributed by atoms with Crippen molar-refractivity contribution >= 4 is 16.8 Å². The summed E-state index contributed by atoms with van der Waals surface area (Å²) in [7, 11) is 1.48. The van der Waals surface area contributed by atoms with Gasteiger partial charge >= 0.3 is 6.18 Å². The summed E-state index contributed by atoms with van der Waals surface area (Å²) in [5, 5.41) is 3.63. The van der Waals surface area contributed by atoms with Crippen LogP contribution in [-0.4, -0.2) is 59.4 Å². The number of pyridine rings is 1. The minimum Gasteiger partial charge on any atom is -0.496 e. The molecule has 0 saturated carbocycles. The summed E-state index contributed by atoms with van der Waals surface area (Å²) < 4.78 is 52.2. The maximum Gasteiger partial charge on any atom is 0.401 e. The van der Waals surface area contributed by atoms with E-state index in [1.807, 2.05) is 39.0 Å². The van der Waals surface area contributed by atoms with Crippen LogP contribution >= 0.6 is 0 Å². The Morgan fingerprint density at radius 1 is 1.15 bits per heavy atom. The van der Waals surface area contributed by atoms with Crippen molar-refractivity contribution in [2.24, 2.45) is 5.92 Å². The topological polar surface area (TPSA) is 88.6 Å². The molecule has 1 aromatic carbocycles. The lowest BCUT2D eigenvalue weighted by atomic mass is 9.90. The van der Waals surface area contributed by atoms with Gasteiger partial charge in [0.15, 0.2) is 0 Å². The van der Waals surface area contributed by atoms with Crippen LogP contribution in [0.2, 0.25) is 0 Å². The molecule has 4 rings (SSSR count). The second-order valence-electron chi connectivity index (χ2n) is 11.2. The van der Waals surface area contributed by atoms with Crippen molar-refractivity contribution in [1.29, 1.82) is 0 Å². The van der Waals surface area contributed by atoms with Gasteiger partial charge in [0.25, 0.3) is 11.5 Å². The molecule has 3 aromatic rings. The summed E-state index contributed by atoms with van der Waals surface area (Å²) in [5.74, 6) is 0.862. The molecule has 1 atom stereocenters. The van der Waals surface area contributed by atoms with Crippen LogP contribution in [0, 0.1) is 19.8 Å². The normalized spacial score (nSPS) is 15.9. The Kier molecular flexibility index (Phi) is 9.06. The quantitative estimate of drug-likeness (QED) is 0.351. The van der Waals surface area contributed by atoms with E-state index in [1.54, 1.807) is 13.0 Å². The van der Waals surface area contributed by atoms with Crippen molar-refractivity contribution < 1.29 is 27.4 Å². The van der Waals surface area contributed by atoms with E-state index >= 15 is 0 Å². The Hall–Kier alpha value is -3.47. The number of aromatic nitrogens is 2. The third-order valence-corrected chi connectivity index (χ3v) is 7.82. The van der Waals surface area contributed by atoms with Crippen LogP contribution in [0.4, 0.5) is 13.2 Å². The minimum atomic E-state index is -4.21. The minimum absolute atomic E-state index is 0.0223. The Morgan fingerprint density at radius 3 is 2.44 bits per heavy atom. The number of piperidine rings is 1. The predicted molar refractivity (Wildman–Crippen MR) is 152 cm³/mol. The van der Waals surface area contributed by atoms with E-state index in [4.69, 9.17) is 9.47 Å². The number of methoxy groups -OCH3 is 1. The van der Waals surface area contributed by atoms with Gasteiger partial charge < -0.3 is 24.3 Å². The van der Waals surface area contributed by atoms with E-state index in [9.17, 15) is 22.8 Å². The van der Waals surface area contributed by atoms with Gasteiger partial charge in [0.05, 0.1) is 42.9 Å². The molecule has 1 aliphatic heterocycles. The lowest BCUT2D eigenvalue weighted by Crippen LogP contribution is -2.41. The number of alkyl halides is 3. The first-order chi connectivity index (χ1) is 19.3. The van der Waals surface area contributed by atoms with Gasteiger partial charge in [-0.25, -0.2) is 0 Å². The number of halogens is 3. The van der Waals surface area contributed by atoms with E-state index in [0.29, 0.717) is 54.3 Å².